The van der Waals surface area contributed by atoms with E-state index in [2.05, 4.69) is 4.98 Å². The highest BCUT2D eigenvalue weighted by Gasteiger charge is 2.17. The van der Waals surface area contributed by atoms with Crippen LogP contribution in [-0.4, -0.2) is 26.3 Å². The largest absolute Gasteiger partial charge is 0.493 e. The molecule has 0 N–H and O–H groups in total. The molecular formula is C15H14N2O3. The fraction of sp³-hybridized carbons (Fsp3) is 0.200. The molecular weight excluding hydrogens is 256 g/mol. The van der Waals surface area contributed by atoms with Gasteiger partial charge in [0.15, 0.2) is 11.5 Å². The Hall–Kier alpha value is -2.74. The lowest BCUT2D eigenvalue weighted by Gasteiger charge is -2.15. The van der Waals surface area contributed by atoms with Crippen LogP contribution in [0.25, 0.3) is 11.3 Å². The summed E-state index contributed by atoms with van der Waals surface area (Å²) in [5, 5.41) is 8.93. The van der Waals surface area contributed by atoms with E-state index in [0.29, 0.717) is 28.6 Å². The Morgan fingerprint density at radius 1 is 0.950 bits per heavy atom. The molecule has 20 heavy (non-hydrogen) atoms. The van der Waals surface area contributed by atoms with Gasteiger partial charge in [-0.1, -0.05) is 6.07 Å². The zero-order chi connectivity index (χ0) is 14.5. The molecule has 0 aliphatic rings. The summed E-state index contributed by atoms with van der Waals surface area (Å²) >= 11 is 0. The Morgan fingerprint density at radius 2 is 1.70 bits per heavy atom. The first-order valence-electron chi connectivity index (χ1n) is 5.91. The summed E-state index contributed by atoms with van der Waals surface area (Å²) in [4.78, 5) is 4.26. The van der Waals surface area contributed by atoms with Crippen molar-refractivity contribution < 1.29 is 14.2 Å². The summed E-state index contributed by atoms with van der Waals surface area (Å²) < 4.78 is 16.0. The molecule has 0 saturated carbocycles. The lowest BCUT2D eigenvalue weighted by atomic mass is 10.1. The highest BCUT2D eigenvalue weighted by Crippen LogP contribution is 2.43. The molecule has 0 aliphatic heterocycles. The molecule has 0 spiro atoms. The van der Waals surface area contributed by atoms with Crippen molar-refractivity contribution in [2.24, 2.45) is 0 Å². The van der Waals surface area contributed by atoms with Crippen LogP contribution in [0, 0.1) is 11.3 Å². The number of benzene rings is 1. The summed E-state index contributed by atoms with van der Waals surface area (Å²) in [7, 11) is 4.66. The molecule has 0 atom stereocenters. The number of hydrogen-bond acceptors (Lipinski definition) is 5. The maximum Gasteiger partial charge on any atom is 0.203 e. The van der Waals surface area contributed by atoms with E-state index in [0.717, 1.165) is 5.56 Å². The Bertz CT molecular complexity index is 663. The number of nitriles is 1. The molecule has 0 aliphatic carbocycles. The number of rotatable bonds is 4. The summed E-state index contributed by atoms with van der Waals surface area (Å²) in [6.07, 6.45) is 0. The lowest BCUT2D eigenvalue weighted by molar-refractivity contribution is 0.325. The Kier molecular flexibility index (Phi) is 4.06. The number of hydrogen-bond donors (Lipinski definition) is 0. The van der Waals surface area contributed by atoms with E-state index in [9.17, 15) is 0 Å². The zero-order valence-electron chi connectivity index (χ0n) is 11.5. The van der Waals surface area contributed by atoms with Crippen molar-refractivity contribution in [3.63, 3.8) is 0 Å². The molecule has 0 bridgehead atoms. The van der Waals surface area contributed by atoms with Crippen LogP contribution < -0.4 is 14.2 Å². The van der Waals surface area contributed by atoms with Gasteiger partial charge in [-0.15, -0.1) is 0 Å². The van der Waals surface area contributed by atoms with Gasteiger partial charge in [0.2, 0.25) is 5.75 Å². The van der Waals surface area contributed by atoms with Crippen LogP contribution in [0.5, 0.6) is 17.2 Å². The second-order valence-corrected chi connectivity index (χ2v) is 3.90. The molecule has 1 aromatic carbocycles. The van der Waals surface area contributed by atoms with Crippen LogP contribution in [0.1, 0.15) is 5.69 Å². The monoisotopic (exact) mass is 270 g/mol. The standard InChI is InChI=1S/C15H14N2O3/c1-18-13-8-7-11(14(19-2)15(13)20-3)12-6-4-5-10(9-16)17-12/h4-8H,1-3H3. The van der Waals surface area contributed by atoms with Gasteiger partial charge in [-0.2, -0.15) is 5.26 Å². The molecule has 0 saturated heterocycles. The average molecular weight is 270 g/mol. The normalized spacial score (nSPS) is 9.70. The first-order valence-corrected chi connectivity index (χ1v) is 5.91. The van der Waals surface area contributed by atoms with Crippen molar-refractivity contribution in [1.29, 1.82) is 5.26 Å². The van der Waals surface area contributed by atoms with Crippen LogP contribution in [0.15, 0.2) is 30.3 Å². The van der Waals surface area contributed by atoms with E-state index in [1.807, 2.05) is 18.2 Å². The average Bonchev–Trinajstić information content (AvgIpc) is 2.53. The molecule has 5 nitrogen and oxygen atoms in total. The number of methoxy groups -OCH3 is 3. The molecule has 2 rings (SSSR count). The molecule has 1 heterocycles. The van der Waals surface area contributed by atoms with Gasteiger partial charge in [-0.05, 0) is 24.3 Å². The van der Waals surface area contributed by atoms with Crippen molar-refractivity contribution in [3.05, 3.63) is 36.0 Å². The van der Waals surface area contributed by atoms with Gasteiger partial charge < -0.3 is 14.2 Å². The Labute approximate surface area is 117 Å². The highest BCUT2D eigenvalue weighted by atomic mass is 16.5. The maximum absolute atomic E-state index is 8.93. The Morgan fingerprint density at radius 3 is 2.30 bits per heavy atom. The van der Waals surface area contributed by atoms with Crippen LogP contribution in [0.4, 0.5) is 0 Å². The van der Waals surface area contributed by atoms with Gasteiger partial charge in [-0.3, -0.25) is 0 Å². The number of pyridine rings is 1. The summed E-state index contributed by atoms with van der Waals surface area (Å²) in [5.41, 5.74) is 1.73. The summed E-state index contributed by atoms with van der Waals surface area (Å²) in [6.45, 7) is 0. The van der Waals surface area contributed by atoms with Crippen LogP contribution in [0.3, 0.4) is 0 Å². The van der Waals surface area contributed by atoms with Crippen LogP contribution in [-0.2, 0) is 0 Å². The van der Waals surface area contributed by atoms with E-state index in [4.69, 9.17) is 19.5 Å². The third kappa shape index (κ3) is 2.36. The minimum absolute atomic E-state index is 0.347. The second kappa shape index (κ2) is 5.93. The van der Waals surface area contributed by atoms with Crippen LogP contribution >= 0.6 is 0 Å². The number of aromatic nitrogens is 1. The summed E-state index contributed by atoms with van der Waals surface area (Å²) in [6, 6.07) is 10.9. The molecule has 0 amide bonds. The van der Waals surface area contributed by atoms with E-state index in [1.54, 1.807) is 39.5 Å². The minimum Gasteiger partial charge on any atom is -0.493 e. The number of nitrogens with zero attached hydrogens (tertiary/aromatic N) is 2. The maximum atomic E-state index is 8.93. The first-order chi connectivity index (χ1) is 9.74. The predicted molar refractivity (Wildman–Crippen MR) is 74.0 cm³/mol. The first kappa shape index (κ1) is 13.7. The molecule has 0 fully saturated rings. The van der Waals surface area contributed by atoms with Crippen molar-refractivity contribution >= 4 is 0 Å². The Balaban J connectivity index is 2.65. The fourth-order valence-corrected chi connectivity index (χ4v) is 1.95. The molecule has 1 aromatic heterocycles. The molecule has 0 unspecified atom stereocenters. The third-order valence-corrected chi connectivity index (χ3v) is 2.84. The van der Waals surface area contributed by atoms with E-state index in [1.165, 1.54) is 0 Å². The van der Waals surface area contributed by atoms with E-state index in [-0.39, 0.29) is 0 Å². The van der Waals surface area contributed by atoms with E-state index < -0.39 is 0 Å². The van der Waals surface area contributed by atoms with Gasteiger partial charge >= 0.3 is 0 Å². The zero-order valence-corrected chi connectivity index (χ0v) is 11.5. The fourth-order valence-electron chi connectivity index (χ4n) is 1.95. The van der Waals surface area contributed by atoms with Gasteiger partial charge in [-0.25, -0.2) is 4.98 Å². The van der Waals surface area contributed by atoms with Gasteiger partial charge in [0.25, 0.3) is 0 Å². The minimum atomic E-state index is 0.347. The smallest absolute Gasteiger partial charge is 0.203 e. The topological polar surface area (TPSA) is 64.4 Å². The van der Waals surface area contributed by atoms with Gasteiger partial charge in [0, 0.05) is 5.56 Å². The molecule has 2 aromatic rings. The highest BCUT2D eigenvalue weighted by molar-refractivity contribution is 5.74. The van der Waals surface area contributed by atoms with Crippen LogP contribution in [0.2, 0.25) is 0 Å². The van der Waals surface area contributed by atoms with Gasteiger partial charge in [0.05, 0.1) is 27.0 Å². The third-order valence-electron chi connectivity index (χ3n) is 2.84. The SMILES string of the molecule is COc1ccc(-c2cccc(C#N)n2)c(OC)c1OC. The van der Waals surface area contributed by atoms with Crippen molar-refractivity contribution in [2.45, 2.75) is 0 Å². The molecule has 0 radical (unpaired) electrons. The van der Waals surface area contributed by atoms with Crippen molar-refractivity contribution in [3.8, 4) is 34.6 Å². The molecule has 102 valence electrons. The number of ether oxygens (including phenoxy) is 3. The van der Waals surface area contributed by atoms with Gasteiger partial charge in [0.1, 0.15) is 11.8 Å². The lowest BCUT2D eigenvalue weighted by Crippen LogP contribution is -1.98. The quantitative estimate of drug-likeness (QED) is 0.854. The van der Waals surface area contributed by atoms with Crippen molar-refractivity contribution in [2.75, 3.05) is 21.3 Å². The summed E-state index contributed by atoms with van der Waals surface area (Å²) in [5.74, 6) is 1.59. The van der Waals surface area contributed by atoms with E-state index >= 15 is 0 Å². The molecule has 5 heteroatoms. The second-order valence-electron chi connectivity index (χ2n) is 3.90. The predicted octanol–water partition coefficient (Wildman–Crippen LogP) is 2.65. The van der Waals surface area contributed by atoms with Crippen molar-refractivity contribution in [1.82, 2.24) is 4.98 Å².